The second-order valence-electron chi connectivity index (χ2n) is 4.81. The van der Waals surface area contributed by atoms with Gasteiger partial charge in [-0.15, -0.1) is 0 Å². The number of amides is 1. The highest BCUT2D eigenvalue weighted by atomic mass is 79.9. The lowest BCUT2D eigenvalue weighted by molar-refractivity contribution is -0.113. The molecular formula is C16H16BrNO3S. The van der Waals surface area contributed by atoms with Gasteiger partial charge in [0.1, 0.15) is 5.75 Å². The molecule has 0 unspecified atom stereocenters. The van der Waals surface area contributed by atoms with E-state index in [0.717, 1.165) is 16.5 Å². The number of rotatable bonds is 5. The Morgan fingerprint density at radius 1 is 1.05 bits per heavy atom. The third kappa shape index (κ3) is 4.42. The second-order valence-corrected chi connectivity index (χ2v) is 7.72. The van der Waals surface area contributed by atoms with E-state index in [1.165, 1.54) is 12.1 Å². The van der Waals surface area contributed by atoms with Crippen molar-refractivity contribution in [2.75, 3.05) is 11.1 Å². The molecule has 0 fully saturated rings. The Hall–Kier alpha value is -1.66. The summed E-state index contributed by atoms with van der Waals surface area (Å²) in [6, 6.07) is 13.6. The zero-order valence-corrected chi connectivity index (χ0v) is 14.4. The predicted molar refractivity (Wildman–Crippen MR) is 90.6 cm³/mol. The fourth-order valence-corrected chi connectivity index (χ4v) is 3.32. The summed E-state index contributed by atoms with van der Waals surface area (Å²) in [5.74, 6) is -1.13. The molecular weight excluding hydrogens is 366 g/mol. The van der Waals surface area contributed by atoms with Gasteiger partial charge in [-0.25, -0.2) is 8.42 Å². The Bertz CT molecular complexity index is 753. The lowest BCUT2D eigenvalue weighted by atomic mass is 10.1. The minimum absolute atomic E-state index is 0.132. The molecule has 116 valence electrons. The van der Waals surface area contributed by atoms with Crippen molar-refractivity contribution in [3.05, 3.63) is 58.6 Å². The molecule has 2 rings (SSSR count). The number of aryl methyl sites for hydroxylation is 1. The van der Waals surface area contributed by atoms with Gasteiger partial charge in [0.05, 0.1) is 4.90 Å². The van der Waals surface area contributed by atoms with Crippen LogP contribution in [0.25, 0.3) is 0 Å². The molecule has 0 aliphatic heterocycles. The van der Waals surface area contributed by atoms with Crippen molar-refractivity contribution < 1.29 is 13.2 Å². The number of sulfone groups is 1. The summed E-state index contributed by atoms with van der Waals surface area (Å²) in [7, 11) is -3.64. The third-order valence-electron chi connectivity index (χ3n) is 3.14. The number of carbonyl (C=O) groups is 1. The van der Waals surface area contributed by atoms with Crippen LogP contribution in [0.3, 0.4) is 0 Å². The molecule has 1 amide bonds. The standard InChI is InChI=1S/C16H16BrNO3S/c1-2-12-3-7-14(8-4-12)18-16(19)11-22(20,21)15-9-5-13(17)6-10-15/h3-10H,2,11H2,1H3,(H,18,19). The third-order valence-corrected chi connectivity index (χ3v) is 5.30. The molecule has 0 saturated heterocycles. The lowest BCUT2D eigenvalue weighted by Crippen LogP contribution is -2.23. The van der Waals surface area contributed by atoms with Crippen LogP contribution >= 0.6 is 15.9 Å². The van der Waals surface area contributed by atoms with Crippen molar-refractivity contribution in [1.82, 2.24) is 0 Å². The quantitative estimate of drug-likeness (QED) is 0.862. The van der Waals surface area contributed by atoms with Crippen molar-refractivity contribution in [2.45, 2.75) is 18.2 Å². The topological polar surface area (TPSA) is 63.2 Å². The van der Waals surface area contributed by atoms with Crippen LogP contribution in [-0.2, 0) is 21.1 Å². The lowest BCUT2D eigenvalue weighted by Gasteiger charge is -2.07. The maximum Gasteiger partial charge on any atom is 0.239 e. The predicted octanol–water partition coefficient (Wildman–Crippen LogP) is 3.42. The first-order chi connectivity index (χ1) is 10.4. The van der Waals surface area contributed by atoms with Crippen LogP contribution in [0, 0.1) is 0 Å². The molecule has 0 aromatic heterocycles. The van der Waals surface area contributed by atoms with E-state index >= 15 is 0 Å². The van der Waals surface area contributed by atoms with Gasteiger partial charge in [0.2, 0.25) is 5.91 Å². The highest BCUT2D eigenvalue weighted by Gasteiger charge is 2.19. The van der Waals surface area contributed by atoms with Gasteiger partial charge in [0, 0.05) is 10.2 Å². The molecule has 0 aliphatic rings. The molecule has 0 spiro atoms. The van der Waals surface area contributed by atoms with Gasteiger partial charge in [-0.1, -0.05) is 35.0 Å². The van der Waals surface area contributed by atoms with E-state index in [2.05, 4.69) is 21.2 Å². The summed E-state index contributed by atoms with van der Waals surface area (Å²) in [6.07, 6.45) is 0.909. The molecule has 2 aromatic rings. The normalized spacial score (nSPS) is 11.2. The maximum atomic E-state index is 12.2. The van der Waals surface area contributed by atoms with E-state index in [1.807, 2.05) is 19.1 Å². The number of hydrogen-bond donors (Lipinski definition) is 1. The number of benzene rings is 2. The smallest absolute Gasteiger partial charge is 0.239 e. The molecule has 6 heteroatoms. The van der Waals surface area contributed by atoms with Crippen LogP contribution < -0.4 is 5.32 Å². The van der Waals surface area contributed by atoms with Crippen LogP contribution in [0.5, 0.6) is 0 Å². The van der Waals surface area contributed by atoms with Crippen molar-refractivity contribution in [1.29, 1.82) is 0 Å². The fraction of sp³-hybridized carbons (Fsp3) is 0.188. The first kappa shape index (κ1) is 16.7. The number of anilines is 1. The summed E-state index contributed by atoms with van der Waals surface area (Å²) in [5.41, 5.74) is 1.74. The molecule has 2 aromatic carbocycles. The van der Waals surface area contributed by atoms with Gasteiger partial charge in [0.25, 0.3) is 0 Å². The van der Waals surface area contributed by atoms with E-state index in [1.54, 1.807) is 24.3 Å². The van der Waals surface area contributed by atoms with Crippen LogP contribution in [0.2, 0.25) is 0 Å². The van der Waals surface area contributed by atoms with Gasteiger partial charge >= 0.3 is 0 Å². The van der Waals surface area contributed by atoms with E-state index < -0.39 is 21.5 Å². The number of nitrogens with one attached hydrogen (secondary N) is 1. The van der Waals surface area contributed by atoms with Crippen molar-refractivity contribution >= 4 is 37.4 Å². The average Bonchev–Trinajstić information content (AvgIpc) is 2.48. The van der Waals surface area contributed by atoms with Gasteiger partial charge in [-0.2, -0.15) is 0 Å². The Balaban J connectivity index is 2.05. The first-order valence-electron chi connectivity index (χ1n) is 6.78. The van der Waals surface area contributed by atoms with Gasteiger partial charge in [-0.05, 0) is 48.4 Å². The number of hydrogen-bond acceptors (Lipinski definition) is 3. The van der Waals surface area contributed by atoms with E-state index in [9.17, 15) is 13.2 Å². The Morgan fingerprint density at radius 3 is 2.18 bits per heavy atom. The highest BCUT2D eigenvalue weighted by Crippen LogP contribution is 2.16. The SMILES string of the molecule is CCc1ccc(NC(=O)CS(=O)(=O)c2ccc(Br)cc2)cc1. The van der Waals surface area contributed by atoms with Crippen LogP contribution in [0.15, 0.2) is 57.9 Å². The van der Waals surface area contributed by atoms with Crippen molar-refractivity contribution in [2.24, 2.45) is 0 Å². The van der Waals surface area contributed by atoms with Gasteiger partial charge in [0.15, 0.2) is 9.84 Å². The molecule has 0 atom stereocenters. The monoisotopic (exact) mass is 381 g/mol. The Kier molecular flexibility index (Phi) is 5.37. The summed E-state index contributed by atoms with van der Waals surface area (Å²) < 4.78 is 25.1. The molecule has 0 saturated carbocycles. The molecule has 1 N–H and O–H groups in total. The largest absolute Gasteiger partial charge is 0.325 e. The van der Waals surface area contributed by atoms with E-state index in [-0.39, 0.29) is 4.90 Å². The highest BCUT2D eigenvalue weighted by molar-refractivity contribution is 9.10. The number of carbonyl (C=O) groups excluding carboxylic acids is 1. The van der Waals surface area contributed by atoms with Gasteiger partial charge in [-0.3, -0.25) is 4.79 Å². The molecule has 4 nitrogen and oxygen atoms in total. The fourth-order valence-electron chi connectivity index (χ4n) is 1.92. The summed E-state index contributed by atoms with van der Waals surface area (Å²) in [4.78, 5) is 12.1. The van der Waals surface area contributed by atoms with Crippen molar-refractivity contribution in [3.63, 3.8) is 0 Å². The summed E-state index contributed by atoms with van der Waals surface area (Å²) >= 11 is 3.24. The average molecular weight is 382 g/mol. The van der Waals surface area contributed by atoms with Crippen molar-refractivity contribution in [3.8, 4) is 0 Å². The molecule has 22 heavy (non-hydrogen) atoms. The second kappa shape index (κ2) is 7.07. The molecule has 0 radical (unpaired) electrons. The Labute approximate surface area is 138 Å². The van der Waals surface area contributed by atoms with Gasteiger partial charge < -0.3 is 5.32 Å². The minimum atomic E-state index is -3.64. The first-order valence-corrected chi connectivity index (χ1v) is 9.22. The van der Waals surface area contributed by atoms with Crippen LogP contribution in [-0.4, -0.2) is 20.1 Å². The minimum Gasteiger partial charge on any atom is -0.325 e. The molecule has 0 heterocycles. The Morgan fingerprint density at radius 2 is 1.64 bits per heavy atom. The maximum absolute atomic E-state index is 12.2. The zero-order chi connectivity index (χ0) is 16.2. The van der Waals surface area contributed by atoms with Crippen LogP contribution in [0.1, 0.15) is 12.5 Å². The summed E-state index contributed by atoms with van der Waals surface area (Å²) in [5, 5.41) is 2.60. The zero-order valence-electron chi connectivity index (χ0n) is 12.0. The molecule has 0 aliphatic carbocycles. The van der Waals surface area contributed by atoms with E-state index in [4.69, 9.17) is 0 Å². The molecule has 0 bridgehead atoms. The summed E-state index contributed by atoms with van der Waals surface area (Å²) in [6.45, 7) is 2.04. The number of halogens is 1. The van der Waals surface area contributed by atoms with Crippen LogP contribution in [0.4, 0.5) is 5.69 Å². The van der Waals surface area contributed by atoms with E-state index in [0.29, 0.717) is 5.69 Å².